The standard InChI is InChI=1S/C16H22N2O2/c1-3-9-18-12-17-10-14(18)11-20-15-7-5-13(6-8-15)16(19)4-2/h5-8,10,12,16,19H,3-4,9,11H2,1-2H3. The highest BCUT2D eigenvalue weighted by atomic mass is 16.5. The third-order valence-corrected chi connectivity index (χ3v) is 3.30. The van der Waals surface area contributed by atoms with E-state index in [1.165, 1.54) is 0 Å². The third kappa shape index (κ3) is 3.61. The number of rotatable bonds is 7. The molecule has 2 rings (SSSR count). The Morgan fingerprint density at radius 3 is 2.65 bits per heavy atom. The molecule has 0 aliphatic heterocycles. The van der Waals surface area contributed by atoms with Crippen molar-refractivity contribution in [3.05, 3.63) is 48.0 Å². The fraction of sp³-hybridized carbons (Fsp3) is 0.438. The largest absolute Gasteiger partial charge is 0.487 e. The number of benzene rings is 1. The lowest BCUT2D eigenvalue weighted by Gasteiger charge is -2.11. The van der Waals surface area contributed by atoms with Crippen molar-refractivity contribution >= 4 is 0 Å². The van der Waals surface area contributed by atoms with Crippen LogP contribution in [0.15, 0.2) is 36.8 Å². The lowest BCUT2D eigenvalue weighted by Crippen LogP contribution is -2.05. The van der Waals surface area contributed by atoms with Gasteiger partial charge in [-0.1, -0.05) is 26.0 Å². The molecule has 1 aromatic carbocycles. The van der Waals surface area contributed by atoms with Crippen molar-refractivity contribution in [3.63, 3.8) is 0 Å². The van der Waals surface area contributed by atoms with Crippen LogP contribution in [0, 0.1) is 0 Å². The first-order valence-corrected chi connectivity index (χ1v) is 7.14. The second-order valence-electron chi connectivity index (χ2n) is 4.86. The zero-order valence-electron chi connectivity index (χ0n) is 12.1. The Labute approximate surface area is 120 Å². The number of aromatic nitrogens is 2. The van der Waals surface area contributed by atoms with E-state index in [0.717, 1.165) is 36.4 Å². The molecule has 1 unspecified atom stereocenters. The van der Waals surface area contributed by atoms with Crippen LogP contribution in [-0.4, -0.2) is 14.7 Å². The van der Waals surface area contributed by atoms with Crippen LogP contribution in [0.1, 0.15) is 44.1 Å². The van der Waals surface area contributed by atoms with Crippen molar-refractivity contribution < 1.29 is 9.84 Å². The molecule has 1 aromatic heterocycles. The summed E-state index contributed by atoms with van der Waals surface area (Å²) in [6.07, 6.45) is 5.08. The first kappa shape index (κ1) is 14.6. The Hall–Kier alpha value is -1.81. The summed E-state index contributed by atoms with van der Waals surface area (Å²) in [4.78, 5) is 4.15. The highest BCUT2D eigenvalue weighted by molar-refractivity contribution is 5.28. The third-order valence-electron chi connectivity index (χ3n) is 3.30. The van der Waals surface area contributed by atoms with Gasteiger partial charge < -0.3 is 14.4 Å². The molecule has 0 bridgehead atoms. The monoisotopic (exact) mass is 274 g/mol. The molecule has 1 heterocycles. The van der Waals surface area contributed by atoms with Gasteiger partial charge in [-0.15, -0.1) is 0 Å². The van der Waals surface area contributed by atoms with Crippen molar-refractivity contribution in [2.24, 2.45) is 0 Å². The average molecular weight is 274 g/mol. The molecule has 0 saturated carbocycles. The van der Waals surface area contributed by atoms with Gasteiger partial charge in [-0.3, -0.25) is 0 Å². The topological polar surface area (TPSA) is 47.3 Å². The van der Waals surface area contributed by atoms with E-state index in [1.807, 2.05) is 43.7 Å². The number of nitrogens with zero attached hydrogens (tertiary/aromatic N) is 2. The van der Waals surface area contributed by atoms with E-state index in [2.05, 4.69) is 16.5 Å². The van der Waals surface area contributed by atoms with Crippen LogP contribution in [0.25, 0.3) is 0 Å². The van der Waals surface area contributed by atoms with Crippen molar-refractivity contribution in [1.82, 2.24) is 9.55 Å². The molecule has 0 aliphatic carbocycles. The van der Waals surface area contributed by atoms with Gasteiger partial charge in [0.05, 0.1) is 24.3 Å². The van der Waals surface area contributed by atoms with Gasteiger partial charge >= 0.3 is 0 Å². The van der Waals surface area contributed by atoms with Crippen LogP contribution in [0.4, 0.5) is 0 Å². The van der Waals surface area contributed by atoms with E-state index in [9.17, 15) is 5.11 Å². The van der Waals surface area contributed by atoms with Gasteiger partial charge in [0.2, 0.25) is 0 Å². The summed E-state index contributed by atoms with van der Waals surface area (Å²) in [5.41, 5.74) is 2.00. The van der Waals surface area contributed by atoms with Gasteiger partial charge in [-0.25, -0.2) is 4.98 Å². The van der Waals surface area contributed by atoms with Crippen LogP contribution in [0.2, 0.25) is 0 Å². The number of aryl methyl sites for hydroxylation is 1. The van der Waals surface area contributed by atoms with E-state index in [1.54, 1.807) is 0 Å². The minimum atomic E-state index is -0.393. The van der Waals surface area contributed by atoms with Gasteiger partial charge in [0.15, 0.2) is 0 Å². The number of ether oxygens (including phenoxy) is 1. The highest BCUT2D eigenvalue weighted by Gasteiger charge is 2.05. The van der Waals surface area contributed by atoms with Crippen molar-refractivity contribution in [1.29, 1.82) is 0 Å². The Kier molecular flexibility index (Phi) is 5.18. The molecule has 1 N–H and O–H groups in total. The van der Waals surface area contributed by atoms with E-state index < -0.39 is 6.10 Å². The summed E-state index contributed by atoms with van der Waals surface area (Å²) in [5.74, 6) is 0.807. The Bertz CT molecular complexity index is 520. The smallest absolute Gasteiger partial charge is 0.130 e. The zero-order chi connectivity index (χ0) is 14.4. The molecule has 0 fully saturated rings. The van der Waals surface area contributed by atoms with Gasteiger partial charge in [0.1, 0.15) is 12.4 Å². The van der Waals surface area contributed by atoms with Gasteiger partial charge in [0.25, 0.3) is 0 Å². The van der Waals surface area contributed by atoms with Crippen molar-refractivity contribution in [2.75, 3.05) is 0 Å². The Balaban J connectivity index is 1.95. The fourth-order valence-electron chi connectivity index (χ4n) is 2.09. The second-order valence-corrected chi connectivity index (χ2v) is 4.86. The first-order chi connectivity index (χ1) is 9.74. The van der Waals surface area contributed by atoms with Crippen molar-refractivity contribution in [3.8, 4) is 5.75 Å². The quantitative estimate of drug-likeness (QED) is 0.842. The first-order valence-electron chi connectivity index (χ1n) is 7.14. The maximum atomic E-state index is 9.74. The Morgan fingerprint density at radius 2 is 2.00 bits per heavy atom. The number of hydrogen-bond acceptors (Lipinski definition) is 3. The van der Waals surface area contributed by atoms with E-state index >= 15 is 0 Å². The summed E-state index contributed by atoms with van der Waals surface area (Å²) in [6.45, 7) is 5.57. The van der Waals surface area contributed by atoms with Crippen LogP contribution < -0.4 is 4.74 Å². The molecule has 2 aromatic rings. The lowest BCUT2D eigenvalue weighted by molar-refractivity contribution is 0.173. The highest BCUT2D eigenvalue weighted by Crippen LogP contribution is 2.20. The molecule has 108 valence electrons. The SMILES string of the molecule is CCCn1cncc1COc1ccc(C(O)CC)cc1. The van der Waals surface area contributed by atoms with E-state index in [0.29, 0.717) is 6.61 Å². The zero-order valence-corrected chi connectivity index (χ0v) is 12.1. The second kappa shape index (κ2) is 7.10. The molecule has 4 nitrogen and oxygen atoms in total. The molecule has 0 saturated heterocycles. The summed E-state index contributed by atoms with van der Waals surface area (Å²) in [5, 5.41) is 9.74. The molecule has 0 spiro atoms. The maximum Gasteiger partial charge on any atom is 0.130 e. The predicted molar refractivity (Wildman–Crippen MR) is 78.5 cm³/mol. The molecule has 0 aliphatic rings. The number of aliphatic hydroxyl groups is 1. The van der Waals surface area contributed by atoms with E-state index in [4.69, 9.17) is 4.74 Å². The normalized spacial score (nSPS) is 12.3. The van der Waals surface area contributed by atoms with Crippen LogP contribution >= 0.6 is 0 Å². The fourth-order valence-corrected chi connectivity index (χ4v) is 2.09. The lowest BCUT2D eigenvalue weighted by atomic mass is 10.1. The summed E-state index contributed by atoms with van der Waals surface area (Å²) in [6, 6.07) is 7.61. The maximum absolute atomic E-state index is 9.74. The summed E-state index contributed by atoms with van der Waals surface area (Å²) < 4.78 is 7.87. The predicted octanol–water partition coefficient (Wildman–Crippen LogP) is 3.32. The molecule has 20 heavy (non-hydrogen) atoms. The van der Waals surface area contributed by atoms with Crippen LogP contribution in [0.3, 0.4) is 0 Å². The van der Waals surface area contributed by atoms with Crippen LogP contribution in [-0.2, 0) is 13.2 Å². The minimum Gasteiger partial charge on any atom is -0.487 e. The minimum absolute atomic E-state index is 0.393. The molecular formula is C16H22N2O2. The number of imidazole rings is 1. The number of aliphatic hydroxyl groups excluding tert-OH is 1. The molecule has 4 heteroatoms. The summed E-state index contributed by atoms with van der Waals surface area (Å²) >= 11 is 0. The van der Waals surface area contributed by atoms with E-state index in [-0.39, 0.29) is 0 Å². The molecular weight excluding hydrogens is 252 g/mol. The van der Waals surface area contributed by atoms with Crippen LogP contribution in [0.5, 0.6) is 5.75 Å². The average Bonchev–Trinajstić information content (AvgIpc) is 2.92. The van der Waals surface area contributed by atoms with Crippen molar-refractivity contribution in [2.45, 2.75) is 45.9 Å². The van der Waals surface area contributed by atoms with Gasteiger partial charge in [-0.05, 0) is 30.5 Å². The molecule has 0 radical (unpaired) electrons. The molecule has 0 amide bonds. The molecule has 1 atom stereocenters. The number of hydrogen-bond donors (Lipinski definition) is 1. The van der Waals surface area contributed by atoms with Gasteiger partial charge in [-0.2, -0.15) is 0 Å². The Morgan fingerprint density at radius 1 is 1.25 bits per heavy atom. The summed E-state index contributed by atoms with van der Waals surface area (Å²) in [7, 11) is 0. The van der Waals surface area contributed by atoms with Gasteiger partial charge in [0, 0.05) is 6.54 Å².